The van der Waals surface area contributed by atoms with Crippen LogP contribution in [0.1, 0.15) is 40.1 Å². The lowest BCUT2D eigenvalue weighted by molar-refractivity contribution is -0.128. The topological polar surface area (TPSA) is 49.4 Å². The molecule has 2 aromatic rings. The van der Waals surface area contributed by atoms with Crippen molar-refractivity contribution in [3.63, 3.8) is 0 Å². The minimum absolute atomic E-state index is 0.103. The van der Waals surface area contributed by atoms with E-state index in [2.05, 4.69) is 5.32 Å². The van der Waals surface area contributed by atoms with Crippen LogP contribution >= 0.6 is 11.3 Å². The van der Waals surface area contributed by atoms with Crippen molar-refractivity contribution in [2.24, 2.45) is 0 Å². The highest BCUT2D eigenvalue weighted by Gasteiger charge is 2.22. The average molecular weight is 354 g/mol. The second-order valence-corrected chi connectivity index (χ2v) is 7.23. The molecule has 0 unspecified atom stereocenters. The minimum atomic E-state index is -0.256. The van der Waals surface area contributed by atoms with Crippen LogP contribution in [0.5, 0.6) is 0 Å². The summed E-state index contributed by atoms with van der Waals surface area (Å²) in [5, 5.41) is 4.78. The van der Waals surface area contributed by atoms with Crippen LogP contribution in [0.15, 0.2) is 47.5 Å². The van der Waals surface area contributed by atoms with E-state index in [0.717, 1.165) is 42.8 Å². The Labute approximate surface area is 152 Å². The molecule has 0 spiro atoms. The van der Waals surface area contributed by atoms with Crippen molar-refractivity contribution in [3.8, 4) is 0 Å². The van der Waals surface area contributed by atoms with Crippen LogP contribution in [0.3, 0.4) is 0 Å². The molecule has 0 aliphatic carbocycles. The predicted octanol–water partition coefficient (Wildman–Crippen LogP) is 3.84. The number of likely N-dealkylation sites (tertiary alicyclic amines) is 1. The van der Waals surface area contributed by atoms with Gasteiger partial charge in [-0.15, -0.1) is 11.3 Å². The number of benzene rings is 1. The van der Waals surface area contributed by atoms with Crippen LogP contribution in [0.4, 0.5) is 0 Å². The first-order valence-electron chi connectivity index (χ1n) is 8.56. The Bertz CT molecular complexity index is 758. The van der Waals surface area contributed by atoms with Gasteiger partial charge in [0, 0.05) is 23.5 Å². The Morgan fingerprint density at radius 2 is 1.80 bits per heavy atom. The lowest BCUT2D eigenvalue weighted by Crippen LogP contribution is -2.41. The van der Waals surface area contributed by atoms with E-state index in [4.69, 9.17) is 0 Å². The monoisotopic (exact) mass is 354 g/mol. The normalized spacial score (nSPS) is 15.1. The van der Waals surface area contributed by atoms with Gasteiger partial charge in [0.25, 0.3) is 11.8 Å². The minimum Gasteiger partial charge on any atom is -0.337 e. The van der Waals surface area contributed by atoms with Gasteiger partial charge in [0.05, 0.1) is 0 Å². The number of nitrogens with zero attached hydrogens (tertiary/aromatic N) is 1. The van der Waals surface area contributed by atoms with Crippen molar-refractivity contribution < 1.29 is 9.59 Å². The summed E-state index contributed by atoms with van der Waals surface area (Å²) < 4.78 is 0. The first-order chi connectivity index (χ1) is 12.1. The van der Waals surface area contributed by atoms with Gasteiger partial charge in [0.2, 0.25) is 0 Å². The van der Waals surface area contributed by atoms with E-state index in [9.17, 15) is 9.59 Å². The summed E-state index contributed by atoms with van der Waals surface area (Å²) in [6, 6.07) is 11.2. The van der Waals surface area contributed by atoms with Crippen molar-refractivity contribution in [2.75, 3.05) is 13.1 Å². The largest absolute Gasteiger partial charge is 0.337 e. The van der Waals surface area contributed by atoms with E-state index >= 15 is 0 Å². The number of piperidine rings is 1. The smallest absolute Gasteiger partial charge is 0.270 e. The molecule has 130 valence electrons. The molecular weight excluding hydrogens is 332 g/mol. The fourth-order valence-corrected chi connectivity index (χ4v) is 3.49. The number of rotatable bonds is 4. The van der Waals surface area contributed by atoms with E-state index in [-0.39, 0.29) is 11.8 Å². The van der Waals surface area contributed by atoms with E-state index in [1.54, 1.807) is 29.5 Å². The number of hydrogen-bond donors (Lipinski definition) is 1. The van der Waals surface area contributed by atoms with Crippen molar-refractivity contribution in [1.82, 2.24) is 10.2 Å². The molecule has 1 aromatic carbocycles. The number of carbonyl (C=O) groups excluding carboxylic acids is 2. The van der Waals surface area contributed by atoms with Gasteiger partial charge in [-0.3, -0.25) is 9.59 Å². The summed E-state index contributed by atoms with van der Waals surface area (Å²) in [6.07, 6.45) is 4.96. The second kappa shape index (κ2) is 8.12. The molecule has 1 N–H and O–H groups in total. The molecular formula is C20H22N2O2S. The third kappa shape index (κ3) is 4.57. The van der Waals surface area contributed by atoms with E-state index < -0.39 is 0 Å². The summed E-state index contributed by atoms with van der Waals surface area (Å²) in [4.78, 5) is 28.2. The Hall–Kier alpha value is -2.40. The zero-order valence-electron chi connectivity index (χ0n) is 14.3. The van der Waals surface area contributed by atoms with Crippen LogP contribution in [0.25, 0.3) is 6.08 Å². The van der Waals surface area contributed by atoms with Gasteiger partial charge >= 0.3 is 0 Å². The van der Waals surface area contributed by atoms with Gasteiger partial charge in [0.1, 0.15) is 5.70 Å². The number of amides is 2. The molecule has 0 atom stereocenters. The van der Waals surface area contributed by atoms with Gasteiger partial charge in [-0.05, 0) is 55.8 Å². The molecule has 4 nitrogen and oxygen atoms in total. The molecule has 25 heavy (non-hydrogen) atoms. The lowest BCUT2D eigenvalue weighted by Gasteiger charge is -2.27. The van der Waals surface area contributed by atoms with Crippen LogP contribution in [0, 0.1) is 6.92 Å². The molecule has 1 aliphatic heterocycles. The molecule has 2 amide bonds. The molecule has 3 rings (SSSR count). The first-order valence-corrected chi connectivity index (χ1v) is 9.44. The molecule has 0 saturated carbocycles. The molecule has 1 saturated heterocycles. The summed E-state index contributed by atoms with van der Waals surface area (Å²) in [5.41, 5.74) is 1.99. The number of carbonyl (C=O) groups is 2. The quantitative estimate of drug-likeness (QED) is 0.848. The van der Waals surface area contributed by atoms with Crippen LogP contribution in [-0.4, -0.2) is 29.8 Å². The number of aryl methyl sites for hydroxylation is 1. The summed E-state index contributed by atoms with van der Waals surface area (Å²) >= 11 is 1.54. The van der Waals surface area contributed by atoms with Crippen molar-refractivity contribution in [1.29, 1.82) is 0 Å². The molecule has 1 aromatic heterocycles. The molecule has 5 heteroatoms. The summed E-state index contributed by atoms with van der Waals surface area (Å²) in [6.45, 7) is 3.48. The fraction of sp³-hybridized carbons (Fsp3) is 0.300. The second-order valence-electron chi connectivity index (χ2n) is 6.25. The molecule has 2 heterocycles. The highest BCUT2D eigenvalue weighted by Crippen LogP contribution is 2.17. The van der Waals surface area contributed by atoms with Crippen molar-refractivity contribution >= 4 is 29.2 Å². The zero-order chi connectivity index (χ0) is 17.6. The van der Waals surface area contributed by atoms with Gasteiger partial charge in [-0.1, -0.05) is 23.8 Å². The average Bonchev–Trinajstić information content (AvgIpc) is 3.15. The van der Waals surface area contributed by atoms with Gasteiger partial charge < -0.3 is 10.2 Å². The molecule has 1 aliphatic rings. The van der Waals surface area contributed by atoms with Gasteiger partial charge in [-0.2, -0.15) is 0 Å². The Balaban J connectivity index is 1.82. The van der Waals surface area contributed by atoms with Crippen LogP contribution in [0.2, 0.25) is 0 Å². The predicted molar refractivity (Wildman–Crippen MR) is 101 cm³/mol. The SMILES string of the molecule is Cc1ccc(C(=O)N/C(=C\c2cccs2)C(=O)N2CCCCC2)cc1. The van der Waals surface area contributed by atoms with E-state index in [1.165, 1.54) is 0 Å². The Morgan fingerprint density at radius 1 is 1.08 bits per heavy atom. The molecule has 0 bridgehead atoms. The maximum absolute atomic E-state index is 12.9. The summed E-state index contributed by atoms with van der Waals surface area (Å²) in [5.74, 6) is -0.360. The maximum atomic E-state index is 12.9. The number of nitrogens with one attached hydrogen (secondary N) is 1. The maximum Gasteiger partial charge on any atom is 0.270 e. The van der Waals surface area contributed by atoms with Gasteiger partial charge in [-0.25, -0.2) is 0 Å². The molecule has 0 radical (unpaired) electrons. The van der Waals surface area contributed by atoms with Crippen molar-refractivity contribution in [2.45, 2.75) is 26.2 Å². The highest BCUT2D eigenvalue weighted by atomic mass is 32.1. The number of thiophene rings is 1. The fourth-order valence-electron chi connectivity index (χ4n) is 2.83. The highest BCUT2D eigenvalue weighted by molar-refractivity contribution is 7.10. The lowest BCUT2D eigenvalue weighted by atomic mass is 10.1. The Morgan fingerprint density at radius 3 is 2.44 bits per heavy atom. The van der Waals surface area contributed by atoms with E-state index in [0.29, 0.717) is 11.3 Å². The number of hydrogen-bond acceptors (Lipinski definition) is 3. The van der Waals surface area contributed by atoms with E-state index in [1.807, 2.05) is 41.5 Å². The first kappa shape index (κ1) is 17.4. The third-order valence-corrected chi connectivity index (χ3v) is 5.08. The standard InChI is InChI=1S/C20H22N2O2S/c1-15-7-9-16(10-8-15)19(23)21-18(14-17-6-5-13-25-17)20(24)22-11-3-2-4-12-22/h5-10,13-14H,2-4,11-12H2,1H3,(H,21,23)/b18-14-. The summed E-state index contributed by atoms with van der Waals surface area (Å²) in [7, 11) is 0. The van der Waals surface area contributed by atoms with Crippen LogP contribution < -0.4 is 5.32 Å². The zero-order valence-corrected chi connectivity index (χ0v) is 15.1. The molecule has 1 fully saturated rings. The Kier molecular flexibility index (Phi) is 5.66. The third-order valence-electron chi connectivity index (χ3n) is 4.27. The van der Waals surface area contributed by atoms with Crippen molar-refractivity contribution in [3.05, 3.63) is 63.5 Å². The van der Waals surface area contributed by atoms with Crippen LogP contribution in [-0.2, 0) is 4.79 Å². The van der Waals surface area contributed by atoms with Gasteiger partial charge in [0.15, 0.2) is 0 Å².